The fourth-order valence-electron chi connectivity index (χ4n) is 2.21. The summed E-state index contributed by atoms with van der Waals surface area (Å²) in [6, 6.07) is 9.59. The van der Waals surface area contributed by atoms with Gasteiger partial charge >= 0.3 is 0 Å². The van der Waals surface area contributed by atoms with Crippen molar-refractivity contribution in [1.82, 2.24) is 0 Å². The lowest BCUT2D eigenvalue weighted by atomic mass is 9.73. The normalized spacial score (nSPS) is 14.5. The summed E-state index contributed by atoms with van der Waals surface area (Å²) in [5.41, 5.74) is 0.419. The highest BCUT2D eigenvalue weighted by atomic mass is 16.2. The van der Waals surface area contributed by atoms with Gasteiger partial charge in [0.1, 0.15) is 11.6 Å². The molecule has 2 nitrogen and oxygen atoms in total. The number of Topliss-reactive ketones (excluding diaryl/α,β-unsaturated/α-hetero) is 2. The first kappa shape index (κ1) is 15.4. The maximum Gasteiger partial charge on any atom is 0.149 e. The minimum Gasteiger partial charge on any atom is -0.299 e. The van der Waals surface area contributed by atoms with Crippen LogP contribution < -0.4 is 0 Å². The van der Waals surface area contributed by atoms with Crippen molar-refractivity contribution in [2.75, 3.05) is 0 Å². The van der Waals surface area contributed by atoms with Crippen LogP contribution in [0.2, 0.25) is 0 Å². The average molecular weight is 258 g/mol. The monoisotopic (exact) mass is 258 g/mol. The Labute approximate surface area is 115 Å². The molecular weight excluding hydrogens is 236 g/mol. The smallest absolute Gasteiger partial charge is 0.149 e. The van der Waals surface area contributed by atoms with E-state index in [0.29, 0.717) is 0 Å². The molecule has 2 heteroatoms. The summed E-state index contributed by atoms with van der Waals surface area (Å²) in [5, 5.41) is 0. The van der Waals surface area contributed by atoms with E-state index in [9.17, 15) is 9.59 Å². The van der Waals surface area contributed by atoms with E-state index in [4.69, 9.17) is 0 Å². The highest BCUT2D eigenvalue weighted by Crippen LogP contribution is 2.32. The Kier molecular flexibility index (Phi) is 4.82. The molecule has 0 saturated carbocycles. The lowest BCUT2D eigenvalue weighted by Crippen LogP contribution is -2.36. The molecule has 2 atom stereocenters. The van der Waals surface area contributed by atoms with E-state index < -0.39 is 11.3 Å². The van der Waals surface area contributed by atoms with Crippen LogP contribution in [-0.4, -0.2) is 11.6 Å². The highest BCUT2D eigenvalue weighted by Gasteiger charge is 2.37. The molecule has 0 bridgehead atoms. The third-order valence-electron chi connectivity index (χ3n) is 3.26. The van der Waals surface area contributed by atoms with Gasteiger partial charge in [-0.3, -0.25) is 9.59 Å². The van der Waals surface area contributed by atoms with Crippen LogP contribution in [0, 0.1) is 11.3 Å². The number of hydrogen-bond donors (Lipinski definition) is 0. The zero-order valence-corrected chi connectivity index (χ0v) is 12.1. The van der Waals surface area contributed by atoms with Gasteiger partial charge in [-0.05, 0) is 12.5 Å². The second kappa shape index (κ2) is 5.96. The van der Waals surface area contributed by atoms with Gasteiger partial charge < -0.3 is 0 Å². The summed E-state index contributed by atoms with van der Waals surface area (Å²) in [4.78, 5) is 24.4. The molecule has 19 heavy (non-hydrogen) atoms. The number of rotatable bonds is 5. The number of ketones is 2. The second-order valence-electron chi connectivity index (χ2n) is 5.87. The fourth-order valence-corrected chi connectivity index (χ4v) is 2.21. The standard InChI is InChI=1S/C17H22O2/c1-6-14(13-10-8-7-9-11-13)15(12(2)18)16(19)17(3,4)5/h6-11,14-15H,1H2,2-5H3. The van der Waals surface area contributed by atoms with Gasteiger partial charge in [-0.25, -0.2) is 0 Å². The van der Waals surface area contributed by atoms with Gasteiger partial charge in [0.2, 0.25) is 0 Å². The van der Waals surface area contributed by atoms with Crippen LogP contribution in [-0.2, 0) is 9.59 Å². The third-order valence-corrected chi connectivity index (χ3v) is 3.26. The molecule has 0 saturated heterocycles. The molecule has 0 spiro atoms. The Morgan fingerprint density at radius 1 is 1.16 bits per heavy atom. The Morgan fingerprint density at radius 2 is 1.68 bits per heavy atom. The predicted molar refractivity (Wildman–Crippen MR) is 78.0 cm³/mol. The molecule has 0 heterocycles. The summed E-state index contributed by atoms with van der Waals surface area (Å²) in [6.45, 7) is 10.8. The molecule has 0 aliphatic heterocycles. The van der Waals surface area contributed by atoms with Crippen molar-refractivity contribution in [1.29, 1.82) is 0 Å². The molecule has 1 rings (SSSR count). The maximum absolute atomic E-state index is 12.5. The van der Waals surface area contributed by atoms with E-state index in [2.05, 4.69) is 6.58 Å². The van der Waals surface area contributed by atoms with Crippen LogP contribution in [0.3, 0.4) is 0 Å². The van der Waals surface area contributed by atoms with Crippen LogP contribution in [0.5, 0.6) is 0 Å². The zero-order chi connectivity index (χ0) is 14.6. The lowest BCUT2D eigenvalue weighted by molar-refractivity contribution is -0.137. The Hall–Kier alpha value is -1.70. The second-order valence-corrected chi connectivity index (χ2v) is 5.87. The summed E-state index contributed by atoms with van der Waals surface area (Å²) in [5.74, 6) is -1.05. The average Bonchev–Trinajstić information content (AvgIpc) is 2.34. The zero-order valence-electron chi connectivity index (χ0n) is 12.1. The van der Waals surface area contributed by atoms with Gasteiger partial charge in [-0.2, -0.15) is 0 Å². The Balaban J connectivity index is 3.21. The van der Waals surface area contributed by atoms with Crippen LogP contribution >= 0.6 is 0 Å². The van der Waals surface area contributed by atoms with Gasteiger partial charge in [0.25, 0.3) is 0 Å². The third kappa shape index (κ3) is 3.63. The van der Waals surface area contributed by atoms with Crippen LogP contribution in [0.15, 0.2) is 43.0 Å². The largest absolute Gasteiger partial charge is 0.299 e. The summed E-state index contributed by atoms with van der Waals surface area (Å²) in [6.07, 6.45) is 1.70. The van der Waals surface area contributed by atoms with Gasteiger partial charge in [0.15, 0.2) is 0 Å². The van der Waals surface area contributed by atoms with E-state index in [1.165, 1.54) is 6.92 Å². The maximum atomic E-state index is 12.5. The highest BCUT2D eigenvalue weighted by molar-refractivity contribution is 6.04. The van der Waals surface area contributed by atoms with E-state index in [0.717, 1.165) is 5.56 Å². The molecule has 0 fully saturated rings. The molecular formula is C17H22O2. The van der Waals surface area contributed by atoms with Crippen molar-refractivity contribution in [2.45, 2.75) is 33.6 Å². The van der Waals surface area contributed by atoms with Crippen molar-refractivity contribution >= 4 is 11.6 Å². The molecule has 0 aliphatic carbocycles. The van der Waals surface area contributed by atoms with Gasteiger partial charge in [0.05, 0.1) is 5.92 Å². The minimum atomic E-state index is -0.653. The number of carbonyl (C=O) groups is 2. The van der Waals surface area contributed by atoms with Crippen LogP contribution in [0.1, 0.15) is 39.2 Å². The summed E-state index contributed by atoms with van der Waals surface area (Å²) < 4.78 is 0. The SMILES string of the molecule is C=CC(c1ccccc1)C(C(C)=O)C(=O)C(C)(C)C. The molecule has 102 valence electrons. The summed E-state index contributed by atoms with van der Waals surface area (Å²) in [7, 11) is 0. The van der Waals surface area contributed by atoms with E-state index in [1.807, 2.05) is 51.1 Å². The first-order valence-electron chi connectivity index (χ1n) is 6.51. The fraction of sp³-hybridized carbons (Fsp3) is 0.412. The van der Waals surface area contributed by atoms with E-state index in [-0.39, 0.29) is 17.5 Å². The number of hydrogen-bond acceptors (Lipinski definition) is 2. The van der Waals surface area contributed by atoms with Crippen LogP contribution in [0.4, 0.5) is 0 Å². The number of carbonyl (C=O) groups excluding carboxylic acids is 2. The molecule has 1 aromatic rings. The Morgan fingerprint density at radius 3 is 2.05 bits per heavy atom. The van der Waals surface area contributed by atoms with Crippen molar-refractivity contribution < 1.29 is 9.59 Å². The quantitative estimate of drug-likeness (QED) is 0.595. The van der Waals surface area contributed by atoms with Crippen molar-refractivity contribution in [3.8, 4) is 0 Å². The van der Waals surface area contributed by atoms with Crippen molar-refractivity contribution in [2.24, 2.45) is 11.3 Å². The molecule has 0 amide bonds. The van der Waals surface area contributed by atoms with E-state index >= 15 is 0 Å². The lowest BCUT2D eigenvalue weighted by Gasteiger charge is -2.28. The number of allylic oxidation sites excluding steroid dienone is 1. The topological polar surface area (TPSA) is 34.1 Å². The minimum absolute atomic E-state index is 0.0336. The van der Waals surface area contributed by atoms with Gasteiger partial charge in [-0.15, -0.1) is 6.58 Å². The summed E-state index contributed by atoms with van der Waals surface area (Å²) >= 11 is 0. The van der Waals surface area contributed by atoms with Crippen molar-refractivity contribution in [3.63, 3.8) is 0 Å². The van der Waals surface area contributed by atoms with Crippen LogP contribution in [0.25, 0.3) is 0 Å². The molecule has 0 aliphatic rings. The van der Waals surface area contributed by atoms with E-state index in [1.54, 1.807) is 6.08 Å². The van der Waals surface area contributed by atoms with Gasteiger partial charge in [-0.1, -0.05) is 57.2 Å². The molecule has 0 aromatic heterocycles. The molecule has 2 unspecified atom stereocenters. The number of benzene rings is 1. The molecule has 0 N–H and O–H groups in total. The van der Waals surface area contributed by atoms with Gasteiger partial charge in [0, 0.05) is 11.3 Å². The van der Waals surface area contributed by atoms with Crippen molar-refractivity contribution in [3.05, 3.63) is 48.6 Å². The molecule has 0 radical (unpaired) electrons. The Bertz CT molecular complexity index is 466. The first-order valence-corrected chi connectivity index (χ1v) is 6.51. The predicted octanol–water partition coefficient (Wildman–Crippen LogP) is 3.78. The first-order chi connectivity index (χ1) is 8.79. The molecule has 1 aromatic carbocycles.